The van der Waals surface area contributed by atoms with Crippen LogP contribution in [0.2, 0.25) is 0 Å². The fourth-order valence-corrected chi connectivity index (χ4v) is 2.77. The third-order valence-corrected chi connectivity index (χ3v) is 4.48. The van der Waals surface area contributed by atoms with E-state index in [0.29, 0.717) is 31.1 Å². The molecular formula is C21H24N4O2. The Morgan fingerprint density at radius 1 is 1.22 bits per heavy atom. The number of hydrogen-bond acceptors (Lipinski definition) is 5. The molecule has 27 heavy (non-hydrogen) atoms. The van der Waals surface area contributed by atoms with Crippen molar-refractivity contribution in [3.8, 4) is 11.4 Å². The molecule has 3 aromatic rings. The van der Waals surface area contributed by atoms with E-state index in [2.05, 4.69) is 59.4 Å². The van der Waals surface area contributed by atoms with Crippen molar-refractivity contribution >= 4 is 5.91 Å². The van der Waals surface area contributed by atoms with Crippen molar-refractivity contribution in [3.05, 3.63) is 65.8 Å². The van der Waals surface area contributed by atoms with Crippen LogP contribution in [0.3, 0.4) is 0 Å². The lowest BCUT2D eigenvalue weighted by atomic mass is 9.84. The standard InChI is InChI=1S/C21H24N4O2/c1-15-6-4-8-17(12-15)21(2,3)14-23-18(26)9-10-19-24-20(25-27-19)16-7-5-11-22-13-16/h4-8,11-13H,9-10,14H2,1-3H3,(H,23,26). The fourth-order valence-electron chi connectivity index (χ4n) is 2.77. The molecule has 0 fully saturated rings. The monoisotopic (exact) mass is 364 g/mol. The van der Waals surface area contributed by atoms with E-state index in [1.54, 1.807) is 12.4 Å². The molecule has 0 aliphatic rings. The minimum Gasteiger partial charge on any atom is -0.355 e. The molecule has 0 saturated heterocycles. The first kappa shape index (κ1) is 18.8. The normalized spacial score (nSPS) is 11.4. The molecule has 2 aromatic heterocycles. The highest BCUT2D eigenvalue weighted by Crippen LogP contribution is 2.23. The number of amides is 1. The van der Waals surface area contributed by atoms with Crippen LogP contribution in [0.25, 0.3) is 11.4 Å². The van der Waals surface area contributed by atoms with Crippen molar-refractivity contribution in [2.45, 2.75) is 39.0 Å². The Morgan fingerprint density at radius 3 is 2.81 bits per heavy atom. The third kappa shape index (κ3) is 5.00. The Hall–Kier alpha value is -3.02. The lowest BCUT2D eigenvalue weighted by Gasteiger charge is -2.26. The number of aryl methyl sites for hydroxylation is 2. The van der Waals surface area contributed by atoms with Gasteiger partial charge in [-0.1, -0.05) is 48.8 Å². The number of nitrogens with one attached hydrogen (secondary N) is 1. The summed E-state index contributed by atoms with van der Waals surface area (Å²) < 4.78 is 5.23. The first-order chi connectivity index (χ1) is 12.9. The van der Waals surface area contributed by atoms with Gasteiger partial charge in [0, 0.05) is 42.8 Å². The van der Waals surface area contributed by atoms with Crippen LogP contribution in [0, 0.1) is 6.92 Å². The van der Waals surface area contributed by atoms with Crippen molar-refractivity contribution in [2.24, 2.45) is 0 Å². The SMILES string of the molecule is Cc1cccc(C(C)(C)CNC(=O)CCc2nc(-c3cccnc3)no2)c1. The Bertz CT molecular complexity index is 903. The predicted molar refractivity (Wildman–Crippen MR) is 103 cm³/mol. The molecule has 140 valence electrons. The zero-order chi connectivity index (χ0) is 19.3. The van der Waals surface area contributed by atoms with E-state index in [1.165, 1.54) is 11.1 Å². The zero-order valence-electron chi connectivity index (χ0n) is 15.9. The maximum Gasteiger partial charge on any atom is 0.227 e. The lowest BCUT2D eigenvalue weighted by Crippen LogP contribution is -2.36. The van der Waals surface area contributed by atoms with Gasteiger partial charge >= 0.3 is 0 Å². The van der Waals surface area contributed by atoms with Gasteiger partial charge in [0.2, 0.25) is 17.6 Å². The molecule has 1 amide bonds. The van der Waals surface area contributed by atoms with Gasteiger partial charge in [0.1, 0.15) is 0 Å². The summed E-state index contributed by atoms with van der Waals surface area (Å²) in [4.78, 5) is 20.6. The van der Waals surface area contributed by atoms with Crippen LogP contribution >= 0.6 is 0 Å². The topological polar surface area (TPSA) is 80.9 Å². The van der Waals surface area contributed by atoms with Gasteiger partial charge in [0.05, 0.1) is 0 Å². The quantitative estimate of drug-likeness (QED) is 0.694. The Balaban J connectivity index is 1.51. The van der Waals surface area contributed by atoms with E-state index in [1.807, 2.05) is 18.2 Å². The summed E-state index contributed by atoms with van der Waals surface area (Å²) in [6, 6.07) is 12.0. The number of nitrogens with zero attached hydrogens (tertiary/aromatic N) is 3. The molecule has 0 saturated carbocycles. The molecule has 0 unspecified atom stereocenters. The summed E-state index contributed by atoms with van der Waals surface area (Å²) in [6.07, 6.45) is 4.07. The number of benzene rings is 1. The van der Waals surface area contributed by atoms with E-state index in [4.69, 9.17) is 4.52 Å². The van der Waals surface area contributed by atoms with E-state index >= 15 is 0 Å². The minimum atomic E-state index is -0.139. The number of carbonyl (C=O) groups is 1. The van der Waals surface area contributed by atoms with Crippen molar-refractivity contribution in [1.29, 1.82) is 0 Å². The zero-order valence-corrected chi connectivity index (χ0v) is 15.9. The van der Waals surface area contributed by atoms with Crippen LogP contribution in [0.15, 0.2) is 53.3 Å². The van der Waals surface area contributed by atoms with Gasteiger partial charge in [0.15, 0.2) is 0 Å². The summed E-state index contributed by atoms with van der Waals surface area (Å²) in [7, 11) is 0. The molecule has 0 aliphatic heterocycles. The van der Waals surface area contributed by atoms with E-state index < -0.39 is 0 Å². The highest BCUT2D eigenvalue weighted by atomic mass is 16.5. The van der Waals surface area contributed by atoms with Gasteiger partial charge in [-0.15, -0.1) is 0 Å². The van der Waals surface area contributed by atoms with Crippen LogP contribution in [-0.2, 0) is 16.6 Å². The van der Waals surface area contributed by atoms with Gasteiger partial charge in [-0.05, 0) is 24.6 Å². The second kappa shape index (κ2) is 8.12. The van der Waals surface area contributed by atoms with Crippen molar-refractivity contribution in [3.63, 3.8) is 0 Å². The van der Waals surface area contributed by atoms with Gasteiger partial charge in [0.25, 0.3) is 0 Å². The Kier molecular flexibility index (Phi) is 5.64. The highest BCUT2D eigenvalue weighted by Gasteiger charge is 2.21. The Morgan fingerprint density at radius 2 is 2.07 bits per heavy atom. The molecule has 0 bridgehead atoms. The molecule has 0 radical (unpaired) electrons. The molecule has 1 N–H and O–H groups in total. The smallest absolute Gasteiger partial charge is 0.227 e. The molecule has 0 spiro atoms. The second-order valence-electron chi connectivity index (χ2n) is 7.28. The van der Waals surface area contributed by atoms with Crippen molar-refractivity contribution in [2.75, 3.05) is 6.54 Å². The van der Waals surface area contributed by atoms with Gasteiger partial charge in [-0.2, -0.15) is 4.98 Å². The van der Waals surface area contributed by atoms with E-state index in [0.717, 1.165) is 5.56 Å². The van der Waals surface area contributed by atoms with Crippen LogP contribution in [0.1, 0.15) is 37.3 Å². The van der Waals surface area contributed by atoms with Gasteiger partial charge < -0.3 is 9.84 Å². The molecule has 2 heterocycles. The molecule has 0 atom stereocenters. The molecule has 0 aliphatic carbocycles. The first-order valence-electron chi connectivity index (χ1n) is 9.01. The van der Waals surface area contributed by atoms with E-state index in [9.17, 15) is 4.79 Å². The van der Waals surface area contributed by atoms with Crippen LogP contribution in [0.4, 0.5) is 0 Å². The van der Waals surface area contributed by atoms with Gasteiger partial charge in [-0.3, -0.25) is 9.78 Å². The lowest BCUT2D eigenvalue weighted by molar-refractivity contribution is -0.121. The molecular weight excluding hydrogens is 340 g/mol. The summed E-state index contributed by atoms with van der Waals surface area (Å²) in [6.45, 7) is 6.89. The van der Waals surface area contributed by atoms with Crippen molar-refractivity contribution in [1.82, 2.24) is 20.4 Å². The second-order valence-corrected chi connectivity index (χ2v) is 7.28. The first-order valence-corrected chi connectivity index (χ1v) is 9.01. The molecule has 1 aromatic carbocycles. The van der Waals surface area contributed by atoms with Gasteiger partial charge in [-0.25, -0.2) is 0 Å². The van der Waals surface area contributed by atoms with Crippen LogP contribution in [0.5, 0.6) is 0 Å². The number of rotatable bonds is 7. The molecule has 6 nitrogen and oxygen atoms in total. The number of aromatic nitrogens is 3. The summed E-state index contributed by atoms with van der Waals surface area (Å²) >= 11 is 0. The van der Waals surface area contributed by atoms with Crippen LogP contribution in [-0.4, -0.2) is 27.6 Å². The average Bonchev–Trinajstić information content (AvgIpc) is 3.15. The predicted octanol–water partition coefficient (Wildman–Crippen LogP) is 3.47. The molecule has 3 rings (SSSR count). The Labute approximate surface area is 159 Å². The van der Waals surface area contributed by atoms with Crippen LogP contribution < -0.4 is 5.32 Å². The molecule has 6 heteroatoms. The average molecular weight is 364 g/mol. The summed E-state index contributed by atoms with van der Waals surface area (Å²) in [5.74, 6) is 0.901. The third-order valence-electron chi connectivity index (χ3n) is 4.48. The maximum atomic E-state index is 12.2. The summed E-state index contributed by atoms with van der Waals surface area (Å²) in [5, 5.41) is 6.95. The minimum absolute atomic E-state index is 0.0307. The number of pyridine rings is 1. The summed E-state index contributed by atoms with van der Waals surface area (Å²) in [5.41, 5.74) is 3.07. The number of carbonyl (C=O) groups excluding carboxylic acids is 1. The highest BCUT2D eigenvalue weighted by molar-refractivity contribution is 5.76. The largest absolute Gasteiger partial charge is 0.355 e. The van der Waals surface area contributed by atoms with Crippen molar-refractivity contribution < 1.29 is 9.32 Å². The number of hydrogen-bond donors (Lipinski definition) is 1. The van der Waals surface area contributed by atoms with E-state index in [-0.39, 0.29) is 11.3 Å². The fraction of sp³-hybridized carbons (Fsp3) is 0.333. The maximum absolute atomic E-state index is 12.2.